The minimum Gasteiger partial charge on any atom is -0.335 e. The monoisotopic (exact) mass is 545 g/mol. The third kappa shape index (κ3) is 5.38. The molecule has 4 rings (SSSR count). The molecule has 2 aliphatic rings. The number of hydrogen-bond donors (Lipinski definition) is 2. The van der Waals surface area contributed by atoms with Gasteiger partial charge in [-0.1, -0.05) is 45.0 Å². The van der Waals surface area contributed by atoms with E-state index in [-0.39, 0.29) is 36.0 Å². The van der Waals surface area contributed by atoms with Crippen molar-refractivity contribution in [2.75, 3.05) is 26.7 Å². The van der Waals surface area contributed by atoms with E-state index >= 15 is 0 Å². The largest absolute Gasteiger partial charge is 0.471 e. The fourth-order valence-electron chi connectivity index (χ4n) is 5.53. The van der Waals surface area contributed by atoms with Gasteiger partial charge in [-0.15, -0.1) is 0 Å². The SMILES string of the molecule is CCN(C)CC(NC(=O)C(F)(F)F)C(=O)N1C[C@H]2[C@@H]([C@H]1C(=O)NC(C#N)c1nncc3ccccc13)C2(C)C. The van der Waals surface area contributed by atoms with E-state index in [0.717, 1.165) is 5.39 Å². The van der Waals surface area contributed by atoms with Gasteiger partial charge < -0.3 is 20.4 Å². The van der Waals surface area contributed by atoms with Crippen LogP contribution in [0.3, 0.4) is 0 Å². The summed E-state index contributed by atoms with van der Waals surface area (Å²) >= 11 is 0. The number of piperidine rings is 1. The summed E-state index contributed by atoms with van der Waals surface area (Å²) < 4.78 is 39.1. The zero-order chi connectivity index (χ0) is 28.7. The summed E-state index contributed by atoms with van der Waals surface area (Å²) in [5.74, 6) is -3.95. The molecule has 3 amide bonds. The number of halogens is 3. The van der Waals surface area contributed by atoms with E-state index in [1.165, 1.54) is 11.1 Å². The Bertz CT molecular complexity index is 1320. The summed E-state index contributed by atoms with van der Waals surface area (Å²) in [4.78, 5) is 41.9. The van der Waals surface area contributed by atoms with Crippen molar-refractivity contribution in [3.05, 3.63) is 36.2 Å². The average Bonchev–Trinajstić information content (AvgIpc) is 3.22. The molecule has 1 aromatic carbocycles. The fraction of sp³-hybridized carbons (Fsp3) is 0.538. The van der Waals surface area contributed by atoms with Crippen molar-refractivity contribution < 1.29 is 27.6 Å². The second-order valence-corrected chi connectivity index (χ2v) is 10.7. The first-order chi connectivity index (χ1) is 18.3. The summed E-state index contributed by atoms with van der Waals surface area (Å²) in [6, 6.07) is 5.41. The summed E-state index contributed by atoms with van der Waals surface area (Å²) in [7, 11) is 1.61. The molecule has 13 heteroatoms. The number of carbonyl (C=O) groups excluding carboxylic acids is 3. The first-order valence-corrected chi connectivity index (χ1v) is 12.6. The standard InChI is InChI=1S/C26H30F3N7O3/c1-5-35(4)13-18(33-24(39)26(27,28)29)23(38)36-12-16-19(25(16,2)3)21(36)22(37)32-17(10-30)20-15-9-7-6-8-14(15)11-31-34-20/h6-9,11,16-19,21H,5,12-13H2,1-4H3,(H,32,37)(H,33,39)/t16-,17?,18?,19-,21-/m0/s1. The van der Waals surface area contributed by atoms with E-state index < -0.39 is 42.0 Å². The van der Waals surface area contributed by atoms with Crippen molar-refractivity contribution in [2.24, 2.45) is 17.3 Å². The lowest BCUT2D eigenvalue weighted by Gasteiger charge is -2.34. The zero-order valence-corrected chi connectivity index (χ0v) is 22.0. The Balaban J connectivity index is 1.61. The minimum atomic E-state index is -5.17. The van der Waals surface area contributed by atoms with Crippen LogP contribution in [0.1, 0.15) is 32.5 Å². The zero-order valence-electron chi connectivity index (χ0n) is 22.0. The Hall–Kier alpha value is -3.79. The Morgan fingerprint density at radius 1 is 1.26 bits per heavy atom. The number of rotatable bonds is 8. The van der Waals surface area contributed by atoms with E-state index in [1.807, 2.05) is 25.2 Å². The lowest BCUT2D eigenvalue weighted by atomic mass is 9.99. The van der Waals surface area contributed by atoms with Gasteiger partial charge in [0.05, 0.1) is 12.3 Å². The summed E-state index contributed by atoms with van der Waals surface area (Å²) in [6.07, 6.45) is -3.64. The molecule has 2 N–H and O–H groups in total. The Morgan fingerprint density at radius 2 is 1.95 bits per heavy atom. The molecule has 1 aromatic heterocycles. The van der Waals surface area contributed by atoms with Gasteiger partial charge in [0.25, 0.3) is 0 Å². The number of amides is 3. The number of nitrogens with one attached hydrogen (secondary N) is 2. The summed E-state index contributed by atoms with van der Waals surface area (Å²) in [6.45, 7) is 6.06. The number of carbonyl (C=O) groups is 3. The number of hydrogen-bond acceptors (Lipinski definition) is 7. The third-order valence-corrected chi connectivity index (χ3v) is 7.94. The molecule has 0 radical (unpaired) electrons. The predicted octanol–water partition coefficient (Wildman–Crippen LogP) is 1.79. The van der Waals surface area contributed by atoms with Crippen molar-refractivity contribution in [1.82, 2.24) is 30.6 Å². The molecule has 39 heavy (non-hydrogen) atoms. The molecule has 2 heterocycles. The first kappa shape index (κ1) is 28.2. The van der Waals surface area contributed by atoms with E-state index in [1.54, 1.807) is 43.1 Å². The molecule has 1 aliphatic carbocycles. The summed E-state index contributed by atoms with van der Waals surface area (Å²) in [5, 5.41) is 23.7. The number of aromatic nitrogens is 2. The van der Waals surface area contributed by atoms with E-state index in [2.05, 4.69) is 15.5 Å². The van der Waals surface area contributed by atoms with Gasteiger partial charge in [0.2, 0.25) is 11.8 Å². The van der Waals surface area contributed by atoms with Crippen molar-refractivity contribution in [3.63, 3.8) is 0 Å². The number of fused-ring (bicyclic) bond motifs is 2. The van der Waals surface area contributed by atoms with Crippen molar-refractivity contribution in [2.45, 2.75) is 45.1 Å². The first-order valence-electron chi connectivity index (χ1n) is 12.6. The minimum absolute atomic E-state index is 0.0574. The highest BCUT2D eigenvalue weighted by Gasteiger charge is 2.69. The maximum absolute atomic E-state index is 13.7. The van der Waals surface area contributed by atoms with Crippen LogP contribution >= 0.6 is 0 Å². The van der Waals surface area contributed by atoms with Crippen LogP contribution in [0.25, 0.3) is 10.8 Å². The Morgan fingerprint density at radius 3 is 2.59 bits per heavy atom. The van der Waals surface area contributed by atoms with Gasteiger partial charge in [0.15, 0.2) is 6.04 Å². The van der Waals surface area contributed by atoms with Crippen LogP contribution in [0.4, 0.5) is 13.2 Å². The van der Waals surface area contributed by atoms with Crippen LogP contribution in [0.15, 0.2) is 30.5 Å². The van der Waals surface area contributed by atoms with E-state index in [9.17, 15) is 32.8 Å². The van der Waals surface area contributed by atoms with Crippen LogP contribution in [0.2, 0.25) is 0 Å². The highest BCUT2D eigenvalue weighted by molar-refractivity contribution is 5.95. The maximum Gasteiger partial charge on any atom is 0.471 e. The maximum atomic E-state index is 13.7. The van der Waals surface area contributed by atoms with Crippen LogP contribution < -0.4 is 10.6 Å². The normalized spacial score (nSPS) is 23.1. The number of nitriles is 1. The van der Waals surface area contributed by atoms with Crippen LogP contribution in [-0.4, -0.2) is 82.7 Å². The smallest absolute Gasteiger partial charge is 0.335 e. The molecule has 1 saturated carbocycles. The topological polar surface area (TPSA) is 131 Å². The second kappa shape index (κ2) is 10.4. The van der Waals surface area contributed by atoms with Gasteiger partial charge in [0, 0.05) is 23.9 Å². The highest BCUT2D eigenvalue weighted by Crippen LogP contribution is 2.65. The van der Waals surface area contributed by atoms with Gasteiger partial charge in [-0.3, -0.25) is 14.4 Å². The molecule has 2 fully saturated rings. The van der Waals surface area contributed by atoms with Crippen molar-refractivity contribution in [1.29, 1.82) is 5.26 Å². The number of likely N-dealkylation sites (tertiary alicyclic amines) is 1. The molecular weight excluding hydrogens is 515 g/mol. The van der Waals surface area contributed by atoms with Gasteiger partial charge in [-0.05, 0) is 30.8 Å². The quantitative estimate of drug-likeness (QED) is 0.517. The van der Waals surface area contributed by atoms with Crippen LogP contribution in [0.5, 0.6) is 0 Å². The number of nitrogens with zero attached hydrogens (tertiary/aromatic N) is 5. The fourth-order valence-corrected chi connectivity index (χ4v) is 5.53. The Labute approximate surface area is 223 Å². The van der Waals surface area contributed by atoms with Crippen LogP contribution in [-0.2, 0) is 14.4 Å². The lowest BCUT2D eigenvalue weighted by Crippen LogP contribution is -2.59. The second-order valence-electron chi connectivity index (χ2n) is 10.7. The molecule has 0 spiro atoms. The molecule has 1 aliphatic heterocycles. The summed E-state index contributed by atoms with van der Waals surface area (Å²) in [5.41, 5.74) is -0.0446. The molecule has 2 aromatic rings. The van der Waals surface area contributed by atoms with Crippen molar-refractivity contribution >= 4 is 28.5 Å². The van der Waals surface area contributed by atoms with Gasteiger partial charge in [-0.2, -0.15) is 28.6 Å². The van der Waals surface area contributed by atoms with E-state index in [0.29, 0.717) is 11.9 Å². The predicted molar refractivity (Wildman–Crippen MR) is 133 cm³/mol. The molecule has 5 atom stereocenters. The van der Waals surface area contributed by atoms with Crippen LogP contribution in [0, 0.1) is 28.6 Å². The molecule has 0 bridgehead atoms. The molecule has 10 nitrogen and oxygen atoms in total. The Kier molecular flexibility index (Phi) is 7.53. The average molecular weight is 546 g/mol. The number of alkyl halides is 3. The van der Waals surface area contributed by atoms with Crippen molar-refractivity contribution in [3.8, 4) is 6.07 Å². The molecule has 1 saturated heterocycles. The number of likely N-dealkylation sites (N-methyl/N-ethyl adjacent to an activating group) is 1. The molecule has 2 unspecified atom stereocenters. The highest BCUT2D eigenvalue weighted by atomic mass is 19.4. The van der Waals surface area contributed by atoms with Gasteiger partial charge in [-0.25, -0.2) is 0 Å². The third-order valence-electron chi connectivity index (χ3n) is 7.94. The van der Waals surface area contributed by atoms with Gasteiger partial charge in [0.1, 0.15) is 17.8 Å². The lowest BCUT2D eigenvalue weighted by molar-refractivity contribution is -0.175. The van der Waals surface area contributed by atoms with Gasteiger partial charge >= 0.3 is 12.1 Å². The molecular formula is C26H30F3N7O3. The molecule has 208 valence electrons. The van der Waals surface area contributed by atoms with E-state index in [4.69, 9.17) is 0 Å². The number of benzene rings is 1.